The summed E-state index contributed by atoms with van der Waals surface area (Å²) in [6.07, 6.45) is 1.74. The van der Waals surface area contributed by atoms with Gasteiger partial charge in [0.25, 0.3) is 5.56 Å². The number of nitrogen functional groups attached to an aromatic ring is 1. The van der Waals surface area contributed by atoms with Crippen LogP contribution in [0.5, 0.6) is 0 Å². The Bertz CT molecular complexity index is 1380. The van der Waals surface area contributed by atoms with Crippen molar-refractivity contribution in [2.24, 2.45) is 0 Å². The van der Waals surface area contributed by atoms with Crippen molar-refractivity contribution < 1.29 is 0 Å². The number of fused-ring (bicyclic) bond motifs is 4. The summed E-state index contributed by atoms with van der Waals surface area (Å²) < 4.78 is 0. The lowest BCUT2D eigenvalue weighted by atomic mass is 9.95. The first-order chi connectivity index (χ1) is 12.6. The maximum absolute atomic E-state index is 12.6. The number of rotatable bonds is 1. The number of aryl methyl sites for hydroxylation is 1. The Morgan fingerprint density at radius 1 is 1.04 bits per heavy atom. The third-order valence-corrected chi connectivity index (χ3v) is 4.72. The van der Waals surface area contributed by atoms with Crippen molar-refractivity contribution in [3.63, 3.8) is 0 Å². The van der Waals surface area contributed by atoms with E-state index in [0.29, 0.717) is 16.6 Å². The minimum absolute atomic E-state index is 0.163. The van der Waals surface area contributed by atoms with E-state index in [-0.39, 0.29) is 11.2 Å². The standard InChI is InChI=1S/C19H14N6O/c1-9-8-12-14(10-4-2-6-13-18(10)24-25-23-13)15(20)19(26)22-17(12)11-5-3-7-21-16(9)11/h2-8H,20H2,1H3,(H,22,26)(H,23,24,25). The fourth-order valence-corrected chi connectivity index (χ4v) is 3.55. The van der Waals surface area contributed by atoms with Gasteiger partial charge >= 0.3 is 0 Å². The summed E-state index contributed by atoms with van der Waals surface area (Å²) in [6, 6.07) is 11.4. The first-order valence-corrected chi connectivity index (χ1v) is 8.15. The van der Waals surface area contributed by atoms with Crippen LogP contribution >= 0.6 is 0 Å². The second-order valence-electron chi connectivity index (χ2n) is 6.26. The molecule has 0 aliphatic carbocycles. The van der Waals surface area contributed by atoms with E-state index in [1.165, 1.54) is 0 Å². The summed E-state index contributed by atoms with van der Waals surface area (Å²) >= 11 is 0. The summed E-state index contributed by atoms with van der Waals surface area (Å²) in [6.45, 7) is 2.00. The third-order valence-electron chi connectivity index (χ3n) is 4.72. The molecule has 0 fully saturated rings. The molecule has 0 aliphatic rings. The maximum Gasteiger partial charge on any atom is 0.272 e. The van der Waals surface area contributed by atoms with Crippen molar-refractivity contribution in [2.45, 2.75) is 6.92 Å². The van der Waals surface area contributed by atoms with Crippen LogP contribution in [0.4, 0.5) is 5.69 Å². The normalized spacial score (nSPS) is 11.6. The molecular formula is C19H14N6O. The Balaban J connectivity index is 2.04. The number of benzene rings is 2. The fraction of sp³-hybridized carbons (Fsp3) is 0.0526. The lowest BCUT2D eigenvalue weighted by Gasteiger charge is -2.13. The predicted octanol–water partition coefficient (Wildman–Crippen LogP) is 2.91. The van der Waals surface area contributed by atoms with Crippen LogP contribution in [0.15, 0.2) is 47.4 Å². The molecule has 3 heterocycles. The van der Waals surface area contributed by atoms with Crippen molar-refractivity contribution in [2.75, 3.05) is 5.73 Å². The molecule has 5 aromatic rings. The largest absolute Gasteiger partial charge is 0.394 e. The third kappa shape index (κ3) is 1.88. The van der Waals surface area contributed by atoms with Gasteiger partial charge < -0.3 is 10.7 Å². The second kappa shape index (κ2) is 5.13. The van der Waals surface area contributed by atoms with Gasteiger partial charge in [-0.3, -0.25) is 9.78 Å². The SMILES string of the molecule is Cc1cc2c(-c3cccc4n[nH]nc34)c(N)c(=O)[nH]c2c2cccnc12. The van der Waals surface area contributed by atoms with Crippen molar-refractivity contribution in [1.29, 1.82) is 0 Å². The number of anilines is 1. The highest BCUT2D eigenvalue weighted by atomic mass is 16.1. The molecular weight excluding hydrogens is 328 g/mol. The van der Waals surface area contributed by atoms with Crippen molar-refractivity contribution >= 4 is 38.5 Å². The molecule has 7 nitrogen and oxygen atoms in total. The fourth-order valence-electron chi connectivity index (χ4n) is 3.55. The molecule has 0 saturated heterocycles. The number of nitrogens with zero attached hydrogens (tertiary/aromatic N) is 3. The molecule has 0 unspecified atom stereocenters. The van der Waals surface area contributed by atoms with E-state index in [2.05, 4.69) is 25.4 Å². The quantitative estimate of drug-likeness (QED) is 0.405. The van der Waals surface area contributed by atoms with Gasteiger partial charge in [0.15, 0.2) is 0 Å². The summed E-state index contributed by atoms with van der Waals surface area (Å²) in [5.41, 5.74) is 11.5. The predicted molar refractivity (Wildman–Crippen MR) is 102 cm³/mol. The van der Waals surface area contributed by atoms with E-state index in [9.17, 15) is 4.79 Å². The number of hydrogen-bond donors (Lipinski definition) is 3. The van der Waals surface area contributed by atoms with Gasteiger partial charge in [0, 0.05) is 28.1 Å². The number of para-hydroxylation sites is 1. The van der Waals surface area contributed by atoms with Gasteiger partial charge in [-0.1, -0.05) is 12.1 Å². The highest BCUT2D eigenvalue weighted by Gasteiger charge is 2.18. The summed E-state index contributed by atoms with van der Waals surface area (Å²) in [5.74, 6) is 0. The van der Waals surface area contributed by atoms with Crippen LogP contribution in [0.3, 0.4) is 0 Å². The zero-order chi connectivity index (χ0) is 17.8. The topological polar surface area (TPSA) is 113 Å². The molecule has 0 amide bonds. The molecule has 126 valence electrons. The molecule has 0 bridgehead atoms. The van der Waals surface area contributed by atoms with E-state index in [1.54, 1.807) is 6.20 Å². The van der Waals surface area contributed by atoms with Crippen LogP contribution in [-0.2, 0) is 0 Å². The number of aromatic amines is 2. The Kier molecular flexibility index (Phi) is 2.88. The minimum Gasteiger partial charge on any atom is -0.394 e. The van der Waals surface area contributed by atoms with E-state index in [0.717, 1.165) is 32.9 Å². The monoisotopic (exact) mass is 342 g/mol. The molecule has 3 aromatic heterocycles. The van der Waals surface area contributed by atoms with Crippen LogP contribution in [0, 0.1) is 6.92 Å². The Morgan fingerprint density at radius 3 is 2.81 bits per heavy atom. The van der Waals surface area contributed by atoms with E-state index in [4.69, 9.17) is 5.73 Å². The molecule has 0 spiro atoms. The molecule has 0 saturated carbocycles. The molecule has 4 N–H and O–H groups in total. The Morgan fingerprint density at radius 2 is 1.92 bits per heavy atom. The summed E-state index contributed by atoms with van der Waals surface area (Å²) in [4.78, 5) is 19.9. The second-order valence-corrected chi connectivity index (χ2v) is 6.26. The first-order valence-electron chi connectivity index (χ1n) is 8.15. The highest BCUT2D eigenvalue weighted by Crippen LogP contribution is 2.37. The molecule has 0 aliphatic heterocycles. The summed E-state index contributed by atoms with van der Waals surface area (Å²) in [7, 11) is 0. The van der Waals surface area contributed by atoms with Gasteiger partial charge in [0.1, 0.15) is 16.7 Å². The van der Waals surface area contributed by atoms with Crippen molar-refractivity contribution in [3.8, 4) is 11.1 Å². The van der Waals surface area contributed by atoms with Crippen LogP contribution < -0.4 is 11.3 Å². The van der Waals surface area contributed by atoms with E-state index < -0.39 is 0 Å². The number of hydrogen-bond acceptors (Lipinski definition) is 5. The minimum atomic E-state index is -0.331. The smallest absolute Gasteiger partial charge is 0.272 e. The first kappa shape index (κ1) is 14.6. The van der Waals surface area contributed by atoms with Crippen LogP contribution in [0.2, 0.25) is 0 Å². The van der Waals surface area contributed by atoms with Crippen LogP contribution in [-0.4, -0.2) is 25.4 Å². The zero-order valence-electron chi connectivity index (χ0n) is 13.9. The van der Waals surface area contributed by atoms with E-state index >= 15 is 0 Å². The summed E-state index contributed by atoms with van der Waals surface area (Å²) in [5, 5.41) is 12.7. The van der Waals surface area contributed by atoms with Crippen LogP contribution in [0.25, 0.3) is 44.0 Å². The molecule has 26 heavy (non-hydrogen) atoms. The number of aromatic nitrogens is 5. The van der Waals surface area contributed by atoms with Gasteiger partial charge in [-0.25, -0.2) is 0 Å². The molecule has 7 heteroatoms. The lowest BCUT2D eigenvalue weighted by Crippen LogP contribution is -2.14. The molecule has 0 atom stereocenters. The highest BCUT2D eigenvalue weighted by molar-refractivity contribution is 6.14. The molecule has 0 radical (unpaired) electrons. The van der Waals surface area contributed by atoms with Crippen molar-refractivity contribution in [3.05, 3.63) is 58.5 Å². The van der Waals surface area contributed by atoms with Gasteiger partial charge in [0.2, 0.25) is 0 Å². The average Bonchev–Trinajstić information content (AvgIpc) is 3.13. The molecule has 2 aromatic carbocycles. The van der Waals surface area contributed by atoms with Gasteiger partial charge in [-0.15, -0.1) is 0 Å². The number of pyridine rings is 2. The number of nitrogens with one attached hydrogen (secondary N) is 2. The van der Waals surface area contributed by atoms with Crippen LogP contribution in [0.1, 0.15) is 5.56 Å². The van der Waals surface area contributed by atoms with Gasteiger partial charge in [-0.2, -0.15) is 15.4 Å². The average molecular weight is 342 g/mol. The van der Waals surface area contributed by atoms with Crippen molar-refractivity contribution in [1.82, 2.24) is 25.4 Å². The van der Waals surface area contributed by atoms with Gasteiger partial charge in [-0.05, 0) is 36.8 Å². The lowest BCUT2D eigenvalue weighted by molar-refractivity contribution is 0.959. The van der Waals surface area contributed by atoms with E-state index in [1.807, 2.05) is 43.3 Å². The Hall–Kier alpha value is -3.74. The number of nitrogens with two attached hydrogens (primary N) is 1. The van der Waals surface area contributed by atoms with Gasteiger partial charge in [0.05, 0.1) is 11.0 Å². The number of H-pyrrole nitrogens is 2. The zero-order valence-corrected chi connectivity index (χ0v) is 13.9. The maximum atomic E-state index is 12.6. The molecule has 5 rings (SSSR count). The Labute approximate surface area is 146 Å².